The highest BCUT2D eigenvalue weighted by Gasteiger charge is 2.23. The van der Waals surface area contributed by atoms with Crippen molar-refractivity contribution in [3.8, 4) is 0 Å². The predicted octanol–water partition coefficient (Wildman–Crippen LogP) is 2.98. The van der Waals surface area contributed by atoms with E-state index in [1.54, 1.807) is 18.3 Å². The van der Waals surface area contributed by atoms with Crippen LogP contribution in [0.2, 0.25) is 0 Å². The van der Waals surface area contributed by atoms with E-state index in [0.717, 1.165) is 37.9 Å². The van der Waals surface area contributed by atoms with Crippen LogP contribution in [0.3, 0.4) is 0 Å². The third kappa shape index (κ3) is 4.97. The number of nitrogens with one attached hydrogen (secondary N) is 1. The van der Waals surface area contributed by atoms with E-state index in [-0.39, 0.29) is 4.90 Å². The van der Waals surface area contributed by atoms with E-state index in [4.69, 9.17) is 0 Å². The van der Waals surface area contributed by atoms with Crippen LogP contribution in [0.1, 0.15) is 19.3 Å². The molecule has 1 atom stereocenters. The van der Waals surface area contributed by atoms with Crippen molar-refractivity contribution < 1.29 is 8.42 Å². The molecule has 1 N–H and O–H groups in total. The summed E-state index contributed by atoms with van der Waals surface area (Å²) in [4.78, 5) is 7.00. The highest BCUT2D eigenvalue weighted by molar-refractivity contribution is 7.98. The minimum Gasteiger partial charge on any atom is -0.303 e. The number of fused-ring (bicyclic) bond motifs is 1. The number of sulfonamides is 1. The highest BCUT2D eigenvalue weighted by Crippen LogP contribution is 2.22. The van der Waals surface area contributed by atoms with E-state index < -0.39 is 10.0 Å². The Hall–Kier alpha value is -1.15. The smallest absolute Gasteiger partial charge is 0.242 e. The number of aromatic nitrogens is 1. The Kier molecular flexibility index (Phi) is 6.92. The van der Waals surface area contributed by atoms with Crippen molar-refractivity contribution in [3.05, 3.63) is 36.5 Å². The summed E-state index contributed by atoms with van der Waals surface area (Å²) >= 11 is 1.88. The molecule has 0 radical (unpaired) electrons. The van der Waals surface area contributed by atoms with Gasteiger partial charge in [-0.3, -0.25) is 4.98 Å². The van der Waals surface area contributed by atoms with Crippen molar-refractivity contribution in [2.75, 3.05) is 38.2 Å². The SMILES string of the molecule is CSCCCN1CCC[C@H](CNS(=O)(=O)c2cccc3cccnc23)C1. The van der Waals surface area contributed by atoms with Crippen LogP contribution in [0.5, 0.6) is 0 Å². The molecule has 5 nitrogen and oxygen atoms in total. The lowest BCUT2D eigenvalue weighted by Gasteiger charge is -2.32. The Morgan fingerprint density at radius 3 is 3.00 bits per heavy atom. The molecular weight excluding hydrogens is 366 g/mol. The molecule has 3 rings (SSSR count). The Morgan fingerprint density at radius 1 is 1.31 bits per heavy atom. The first-order valence-electron chi connectivity index (χ1n) is 9.15. The van der Waals surface area contributed by atoms with E-state index in [2.05, 4.69) is 20.9 Å². The lowest BCUT2D eigenvalue weighted by molar-refractivity contribution is 0.177. The molecule has 2 heterocycles. The Morgan fingerprint density at radius 2 is 2.15 bits per heavy atom. The van der Waals surface area contributed by atoms with Crippen molar-refractivity contribution in [3.63, 3.8) is 0 Å². The molecule has 0 unspecified atom stereocenters. The number of benzene rings is 1. The molecule has 142 valence electrons. The molecule has 0 aliphatic carbocycles. The first-order chi connectivity index (χ1) is 12.6. The largest absolute Gasteiger partial charge is 0.303 e. The lowest BCUT2D eigenvalue weighted by Crippen LogP contribution is -2.41. The van der Waals surface area contributed by atoms with Gasteiger partial charge in [0.15, 0.2) is 0 Å². The zero-order chi connectivity index (χ0) is 18.4. The normalized spacial score (nSPS) is 19.0. The first kappa shape index (κ1) is 19.6. The van der Waals surface area contributed by atoms with Gasteiger partial charge >= 0.3 is 0 Å². The number of hydrogen-bond acceptors (Lipinski definition) is 5. The highest BCUT2D eigenvalue weighted by atomic mass is 32.2. The van der Waals surface area contributed by atoms with E-state index in [9.17, 15) is 8.42 Å². The van der Waals surface area contributed by atoms with Crippen molar-refractivity contribution in [1.29, 1.82) is 0 Å². The van der Waals surface area contributed by atoms with Crippen molar-refractivity contribution >= 4 is 32.7 Å². The summed E-state index contributed by atoms with van der Waals surface area (Å²) in [7, 11) is -3.56. The molecule has 0 bridgehead atoms. The van der Waals surface area contributed by atoms with Crippen molar-refractivity contribution in [2.45, 2.75) is 24.2 Å². The Bertz CT molecular complexity index is 821. The minimum atomic E-state index is -3.56. The van der Waals surface area contributed by atoms with Crippen LogP contribution in [-0.4, -0.2) is 56.5 Å². The third-order valence-electron chi connectivity index (χ3n) is 4.87. The topological polar surface area (TPSA) is 62.3 Å². The molecule has 1 aromatic heterocycles. The number of pyridine rings is 1. The van der Waals surface area contributed by atoms with E-state index in [0.29, 0.717) is 18.0 Å². The molecule has 0 amide bonds. The molecule has 2 aromatic rings. The molecule has 1 saturated heterocycles. The van der Waals surface area contributed by atoms with Crippen molar-refractivity contribution in [1.82, 2.24) is 14.6 Å². The second-order valence-corrected chi connectivity index (χ2v) is 9.56. The molecule has 1 aliphatic rings. The van der Waals surface area contributed by atoms with Crippen LogP contribution in [0.4, 0.5) is 0 Å². The maximum Gasteiger partial charge on any atom is 0.242 e. The number of hydrogen-bond donors (Lipinski definition) is 1. The molecule has 0 saturated carbocycles. The molecule has 1 aliphatic heterocycles. The fourth-order valence-corrected chi connectivity index (χ4v) is 5.26. The number of rotatable bonds is 8. The van der Waals surface area contributed by atoms with Gasteiger partial charge in [-0.15, -0.1) is 0 Å². The summed E-state index contributed by atoms with van der Waals surface area (Å²) < 4.78 is 28.5. The van der Waals surface area contributed by atoms with Crippen LogP contribution < -0.4 is 4.72 Å². The number of thioether (sulfide) groups is 1. The number of piperidine rings is 1. The van der Waals surface area contributed by atoms with Gasteiger partial charge in [0.1, 0.15) is 4.90 Å². The minimum absolute atomic E-state index is 0.267. The average molecular weight is 394 g/mol. The number of nitrogens with zero attached hydrogens (tertiary/aromatic N) is 2. The van der Waals surface area contributed by atoms with Gasteiger partial charge in [-0.2, -0.15) is 11.8 Å². The molecule has 7 heteroatoms. The Labute approximate surface area is 160 Å². The fraction of sp³-hybridized carbons (Fsp3) is 0.526. The maximum absolute atomic E-state index is 12.8. The summed E-state index contributed by atoms with van der Waals surface area (Å²) in [6.45, 7) is 3.71. The molecular formula is C19H27N3O2S2. The summed E-state index contributed by atoms with van der Waals surface area (Å²) in [6, 6.07) is 8.99. The Balaban J connectivity index is 1.63. The van der Waals surface area contributed by atoms with Gasteiger partial charge in [0, 0.05) is 24.7 Å². The van der Waals surface area contributed by atoms with Crippen LogP contribution in [0.25, 0.3) is 10.9 Å². The van der Waals surface area contributed by atoms with Gasteiger partial charge in [-0.25, -0.2) is 13.1 Å². The standard InChI is InChI=1S/C19H27N3O2S2/c1-25-13-5-12-22-11-4-6-16(15-22)14-21-26(23,24)18-9-2-7-17-8-3-10-20-19(17)18/h2-3,7-10,16,21H,4-6,11-15H2,1H3/t16-/m1/s1. The summed E-state index contributed by atoms with van der Waals surface area (Å²) in [5.41, 5.74) is 0.532. The first-order valence-corrected chi connectivity index (χ1v) is 12.0. The van der Waals surface area contributed by atoms with Crippen LogP contribution in [0, 0.1) is 5.92 Å². The van der Waals surface area contributed by atoms with Crippen LogP contribution in [0.15, 0.2) is 41.4 Å². The molecule has 26 heavy (non-hydrogen) atoms. The summed E-state index contributed by atoms with van der Waals surface area (Å²) in [6.07, 6.45) is 7.18. The zero-order valence-electron chi connectivity index (χ0n) is 15.2. The summed E-state index contributed by atoms with van der Waals surface area (Å²) in [5.74, 6) is 1.55. The second-order valence-electron chi connectivity index (χ2n) is 6.84. The maximum atomic E-state index is 12.8. The van der Waals surface area contributed by atoms with Gasteiger partial charge in [0.05, 0.1) is 5.52 Å². The summed E-state index contributed by atoms with van der Waals surface area (Å²) in [5, 5.41) is 0.841. The molecule has 0 spiro atoms. The van der Waals surface area contributed by atoms with Gasteiger partial charge in [-0.1, -0.05) is 18.2 Å². The zero-order valence-corrected chi connectivity index (χ0v) is 16.9. The average Bonchev–Trinajstić information content (AvgIpc) is 2.67. The van der Waals surface area contributed by atoms with Gasteiger partial charge < -0.3 is 4.90 Å². The van der Waals surface area contributed by atoms with Crippen molar-refractivity contribution in [2.24, 2.45) is 5.92 Å². The van der Waals surface area contributed by atoms with Gasteiger partial charge in [0.25, 0.3) is 0 Å². The van der Waals surface area contributed by atoms with Gasteiger partial charge in [-0.05, 0) is 62.4 Å². The van der Waals surface area contributed by atoms with E-state index in [1.807, 2.05) is 30.0 Å². The van der Waals surface area contributed by atoms with Crippen LogP contribution >= 0.6 is 11.8 Å². The second kappa shape index (κ2) is 9.17. The molecule has 1 aromatic carbocycles. The third-order valence-corrected chi connectivity index (χ3v) is 7.03. The number of para-hydroxylation sites is 1. The monoisotopic (exact) mass is 393 g/mol. The molecule has 1 fully saturated rings. The lowest BCUT2D eigenvalue weighted by atomic mass is 9.98. The predicted molar refractivity (Wildman–Crippen MR) is 109 cm³/mol. The van der Waals surface area contributed by atoms with E-state index in [1.165, 1.54) is 12.2 Å². The van der Waals surface area contributed by atoms with Gasteiger partial charge in [0.2, 0.25) is 10.0 Å². The number of likely N-dealkylation sites (tertiary alicyclic amines) is 1. The van der Waals surface area contributed by atoms with E-state index >= 15 is 0 Å². The fourth-order valence-electron chi connectivity index (χ4n) is 3.55. The van der Waals surface area contributed by atoms with Crippen LogP contribution in [-0.2, 0) is 10.0 Å². The quantitative estimate of drug-likeness (QED) is 0.699.